The first kappa shape index (κ1) is 20.1. The summed E-state index contributed by atoms with van der Waals surface area (Å²) in [5.41, 5.74) is 1.32. The van der Waals surface area contributed by atoms with Crippen LogP contribution < -0.4 is 0 Å². The fraction of sp³-hybridized carbons (Fsp3) is 0.458. The minimum Gasteiger partial charge on any atom is -0.633 e. The van der Waals surface area contributed by atoms with E-state index in [0.717, 1.165) is 17.5 Å². The quantitative estimate of drug-likeness (QED) is 0.559. The number of morpholine rings is 1. The van der Waals surface area contributed by atoms with Crippen LogP contribution in [0.1, 0.15) is 24.5 Å². The Hall–Kier alpha value is -2.21. The Labute approximate surface area is 173 Å². The molecule has 2 saturated heterocycles. The zero-order valence-corrected chi connectivity index (χ0v) is 17.1. The number of hydrogen-bond acceptors (Lipinski definition) is 3. The lowest BCUT2D eigenvalue weighted by molar-refractivity contribution is -0.889. The molecule has 2 heterocycles. The SMILES string of the molecule is CCN1CC(CC[N+]2([O-])CCOCC2)C(c2ccccc2)(c2ccccc2)C1=O. The molecule has 2 aliphatic rings. The molecule has 0 bridgehead atoms. The van der Waals surface area contributed by atoms with Crippen LogP contribution in [0.3, 0.4) is 0 Å². The van der Waals surface area contributed by atoms with Gasteiger partial charge in [0.05, 0.1) is 19.8 Å². The van der Waals surface area contributed by atoms with Gasteiger partial charge in [-0.1, -0.05) is 60.7 Å². The molecule has 1 atom stereocenters. The zero-order chi connectivity index (χ0) is 20.3. The molecule has 29 heavy (non-hydrogen) atoms. The van der Waals surface area contributed by atoms with Crippen LogP contribution in [-0.4, -0.2) is 61.4 Å². The van der Waals surface area contributed by atoms with Crippen molar-refractivity contribution in [3.8, 4) is 0 Å². The number of quaternary nitrogens is 1. The largest absolute Gasteiger partial charge is 0.633 e. The van der Waals surface area contributed by atoms with Crippen molar-refractivity contribution in [3.63, 3.8) is 0 Å². The second-order valence-electron chi connectivity index (χ2n) is 8.21. The molecule has 5 heteroatoms. The smallest absolute Gasteiger partial charge is 0.238 e. The number of nitrogens with zero attached hydrogens (tertiary/aromatic N) is 2. The Morgan fingerprint density at radius 1 is 1.03 bits per heavy atom. The van der Waals surface area contributed by atoms with E-state index in [4.69, 9.17) is 4.74 Å². The maximum atomic E-state index is 13.8. The third kappa shape index (κ3) is 3.59. The lowest BCUT2D eigenvalue weighted by Crippen LogP contribution is -2.52. The van der Waals surface area contributed by atoms with Gasteiger partial charge in [0.1, 0.15) is 18.5 Å². The van der Waals surface area contributed by atoms with E-state index in [-0.39, 0.29) is 16.5 Å². The van der Waals surface area contributed by atoms with Crippen molar-refractivity contribution >= 4 is 5.91 Å². The van der Waals surface area contributed by atoms with E-state index >= 15 is 0 Å². The lowest BCUT2D eigenvalue weighted by atomic mass is 9.66. The highest BCUT2D eigenvalue weighted by atomic mass is 16.6. The summed E-state index contributed by atoms with van der Waals surface area (Å²) in [6.45, 7) is 5.99. The number of carbonyl (C=O) groups is 1. The molecule has 0 aromatic heterocycles. The monoisotopic (exact) mass is 394 g/mol. The van der Waals surface area contributed by atoms with Crippen LogP contribution in [0.25, 0.3) is 0 Å². The molecule has 2 aliphatic heterocycles. The molecule has 0 spiro atoms. The second kappa shape index (κ2) is 8.27. The summed E-state index contributed by atoms with van der Waals surface area (Å²) < 4.78 is 5.18. The number of likely N-dealkylation sites (N-methyl/N-ethyl adjacent to an activating group) is 1. The number of amides is 1. The summed E-state index contributed by atoms with van der Waals surface area (Å²) >= 11 is 0. The van der Waals surface area contributed by atoms with E-state index in [1.807, 2.05) is 48.2 Å². The van der Waals surface area contributed by atoms with Crippen LogP contribution >= 0.6 is 0 Å². The minimum atomic E-state index is -0.732. The molecule has 4 rings (SSSR count). The highest BCUT2D eigenvalue weighted by Crippen LogP contribution is 2.47. The highest BCUT2D eigenvalue weighted by molar-refractivity contribution is 5.94. The number of benzene rings is 2. The van der Waals surface area contributed by atoms with Crippen molar-refractivity contribution in [1.82, 2.24) is 4.90 Å². The number of rotatable bonds is 6. The standard InChI is InChI=1S/C24H30N2O3/c1-2-25-19-22(13-14-26(28)15-17-29-18-16-26)24(23(25)27,20-9-5-3-6-10-20)21-11-7-4-8-12-21/h3-12,22H,2,13-19H2,1H3. The second-order valence-corrected chi connectivity index (χ2v) is 8.21. The number of hydroxylamine groups is 3. The predicted molar refractivity (Wildman–Crippen MR) is 113 cm³/mol. The molecule has 0 radical (unpaired) electrons. The first-order chi connectivity index (χ1) is 14.1. The van der Waals surface area contributed by atoms with Crippen LogP contribution in [0.5, 0.6) is 0 Å². The topological polar surface area (TPSA) is 52.6 Å². The molecular formula is C24H30N2O3. The molecule has 1 unspecified atom stereocenters. The molecule has 1 amide bonds. The lowest BCUT2D eigenvalue weighted by Gasteiger charge is -2.46. The van der Waals surface area contributed by atoms with Crippen molar-refractivity contribution in [3.05, 3.63) is 77.0 Å². The van der Waals surface area contributed by atoms with Gasteiger partial charge < -0.3 is 19.5 Å². The fourth-order valence-electron chi connectivity index (χ4n) is 5.07. The highest BCUT2D eigenvalue weighted by Gasteiger charge is 2.55. The zero-order valence-electron chi connectivity index (χ0n) is 17.1. The first-order valence-corrected chi connectivity index (χ1v) is 10.7. The predicted octanol–water partition coefficient (Wildman–Crippen LogP) is 3.19. The number of hydrogen-bond donors (Lipinski definition) is 0. The molecule has 2 aromatic carbocycles. The minimum absolute atomic E-state index is 0.0616. The summed E-state index contributed by atoms with van der Waals surface area (Å²) in [4.78, 5) is 15.8. The van der Waals surface area contributed by atoms with E-state index in [1.54, 1.807) is 0 Å². The molecule has 154 valence electrons. The average molecular weight is 395 g/mol. The van der Waals surface area contributed by atoms with Gasteiger partial charge >= 0.3 is 0 Å². The van der Waals surface area contributed by atoms with E-state index < -0.39 is 5.41 Å². The number of likely N-dealkylation sites (tertiary alicyclic amines) is 1. The average Bonchev–Trinajstić information content (AvgIpc) is 3.06. The van der Waals surface area contributed by atoms with Gasteiger partial charge in [-0.05, 0) is 18.1 Å². The third-order valence-corrected chi connectivity index (χ3v) is 6.69. The number of carbonyl (C=O) groups excluding carboxylic acids is 1. The Balaban J connectivity index is 1.75. The Morgan fingerprint density at radius 3 is 2.10 bits per heavy atom. The molecule has 0 saturated carbocycles. The third-order valence-electron chi connectivity index (χ3n) is 6.69. The van der Waals surface area contributed by atoms with Crippen LogP contribution in [0.15, 0.2) is 60.7 Å². The van der Waals surface area contributed by atoms with Gasteiger partial charge in [-0.15, -0.1) is 0 Å². The molecule has 2 fully saturated rings. The van der Waals surface area contributed by atoms with Gasteiger partial charge in [0.25, 0.3) is 0 Å². The Kier molecular flexibility index (Phi) is 5.72. The van der Waals surface area contributed by atoms with Gasteiger partial charge in [-0.25, -0.2) is 0 Å². The van der Waals surface area contributed by atoms with Gasteiger partial charge in [0.15, 0.2) is 0 Å². The van der Waals surface area contributed by atoms with E-state index in [2.05, 4.69) is 24.3 Å². The summed E-state index contributed by atoms with van der Waals surface area (Å²) in [5.74, 6) is 0.216. The summed E-state index contributed by atoms with van der Waals surface area (Å²) in [6.07, 6.45) is 0.718. The fourth-order valence-corrected chi connectivity index (χ4v) is 5.07. The van der Waals surface area contributed by atoms with Crippen molar-refractivity contribution in [1.29, 1.82) is 0 Å². The maximum Gasteiger partial charge on any atom is 0.238 e. The number of ether oxygens (including phenoxy) is 1. The summed E-state index contributed by atoms with van der Waals surface area (Å²) in [6, 6.07) is 20.2. The van der Waals surface area contributed by atoms with Crippen molar-refractivity contribution < 1.29 is 14.2 Å². The molecular weight excluding hydrogens is 364 g/mol. The maximum absolute atomic E-state index is 13.8. The first-order valence-electron chi connectivity index (χ1n) is 10.7. The van der Waals surface area contributed by atoms with Crippen molar-refractivity contribution in [2.75, 3.05) is 45.9 Å². The normalized spacial score (nSPS) is 23.3. The van der Waals surface area contributed by atoms with Gasteiger partial charge in [-0.3, -0.25) is 4.79 Å². The van der Waals surface area contributed by atoms with Crippen LogP contribution in [0.2, 0.25) is 0 Å². The van der Waals surface area contributed by atoms with E-state index in [9.17, 15) is 10.0 Å². The van der Waals surface area contributed by atoms with Crippen LogP contribution in [-0.2, 0) is 14.9 Å². The van der Waals surface area contributed by atoms with Gasteiger partial charge in [0, 0.05) is 25.4 Å². The molecule has 0 N–H and O–H groups in total. The van der Waals surface area contributed by atoms with Crippen molar-refractivity contribution in [2.24, 2.45) is 5.92 Å². The van der Waals surface area contributed by atoms with Gasteiger partial charge in [0.2, 0.25) is 5.91 Å². The summed E-state index contributed by atoms with van der Waals surface area (Å²) in [5, 5.41) is 13.2. The van der Waals surface area contributed by atoms with Crippen molar-refractivity contribution in [2.45, 2.75) is 18.8 Å². The Bertz CT molecular complexity index is 779. The van der Waals surface area contributed by atoms with E-state index in [0.29, 0.717) is 45.9 Å². The summed E-state index contributed by atoms with van der Waals surface area (Å²) in [7, 11) is 0. The molecule has 5 nitrogen and oxygen atoms in total. The Morgan fingerprint density at radius 2 is 1.59 bits per heavy atom. The van der Waals surface area contributed by atoms with Crippen LogP contribution in [0.4, 0.5) is 0 Å². The van der Waals surface area contributed by atoms with E-state index in [1.165, 1.54) is 0 Å². The van der Waals surface area contributed by atoms with Crippen LogP contribution in [0, 0.1) is 11.1 Å². The molecule has 2 aromatic rings. The molecule has 0 aliphatic carbocycles. The van der Waals surface area contributed by atoms with Gasteiger partial charge in [-0.2, -0.15) is 0 Å².